The largest absolute Gasteiger partial charge is 0.480 e. The number of aliphatic carboxylic acids is 1. The highest BCUT2D eigenvalue weighted by molar-refractivity contribution is 6.73. The van der Waals surface area contributed by atoms with E-state index in [0.717, 1.165) is 6.42 Å². The molecule has 3 aliphatic rings. The summed E-state index contributed by atoms with van der Waals surface area (Å²) in [5.41, 5.74) is -1.05. The summed E-state index contributed by atoms with van der Waals surface area (Å²) in [4.78, 5) is 24.1. The molecule has 3 rings (SSSR count). The summed E-state index contributed by atoms with van der Waals surface area (Å²) in [5.74, 6) is -0.0980. The number of carbonyl (C=O) groups is 2. The van der Waals surface area contributed by atoms with Crippen LogP contribution in [0.2, 0.25) is 18.1 Å². The third kappa shape index (κ3) is 4.33. The summed E-state index contributed by atoms with van der Waals surface area (Å²) in [7, 11) is -1.63. The third-order valence-electron chi connectivity index (χ3n) is 9.59. The van der Waals surface area contributed by atoms with Crippen LogP contribution in [0.5, 0.6) is 0 Å². The lowest BCUT2D eigenvalue weighted by Crippen LogP contribution is -2.49. The van der Waals surface area contributed by atoms with Gasteiger partial charge in [-0.2, -0.15) is 0 Å². The van der Waals surface area contributed by atoms with Crippen molar-refractivity contribution in [3.05, 3.63) is 12.2 Å². The third-order valence-corrected chi connectivity index (χ3v) is 14.3. The smallest absolute Gasteiger partial charge is 0.317 e. The lowest BCUT2D eigenvalue weighted by atomic mass is 9.58. The zero-order valence-electron chi connectivity index (χ0n) is 20.6. The molecule has 0 aliphatic heterocycles. The Morgan fingerprint density at radius 2 is 1.68 bits per heavy atom. The van der Waals surface area contributed by atoms with E-state index in [4.69, 9.17) is 4.43 Å². The fourth-order valence-electron chi connectivity index (χ4n) is 7.06. The first-order chi connectivity index (χ1) is 14.5. The van der Waals surface area contributed by atoms with Crippen molar-refractivity contribution in [1.29, 1.82) is 0 Å². The second-order valence-electron chi connectivity index (χ2n) is 11.4. The van der Waals surface area contributed by atoms with E-state index >= 15 is 0 Å². The van der Waals surface area contributed by atoms with E-state index < -0.39 is 19.7 Å². The maximum absolute atomic E-state index is 12.6. The van der Waals surface area contributed by atoms with Gasteiger partial charge in [0, 0.05) is 6.10 Å². The number of carboxylic acid groups (broad SMARTS) is 1. The Balaban J connectivity index is 1.77. The van der Waals surface area contributed by atoms with Crippen molar-refractivity contribution >= 4 is 20.1 Å². The molecule has 3 fully saturated rings. The van der Waals surface area contributed by atoms with Crippen molar-refractivity contribution in [3.8, 4) is 0 Å². The average Bonchev–Trinajstić information content (AvgIpc) is 3.47. The second kappa shape index (κ2) is 8.77. The summed E-state index contributed by atoms with van der Waals surface area (Å²) in [6, 6.07) is 3.60. The number of allylic oxidation sites excluding steroid dienone is 2. The van der Waals surface area contributed by atoms with Crippen LogP contribution in [0.25, 0.3) is 0 Å². The minimum Gasteiger partial charge on any atom is -0.480 e. The Morgan fingerprint density at radius 3 is 2.19 bits per heavy atom. The molecule has 4 atom stereocenters. The summed E-state index contributed by atoms with van der Waals surface area (Å²) >= 11 is 0. The summed E-state index contributed by atoms with van der Waals surface area (Å²) < 4.78 is 7.05. The molecule has 0 radical (unpaired) electrons. The molecule has 0 aromatic heterocycles. The van der Waals surface area contributed by atoms with Crippen LogP contribution >= 0.6 is 0 Å². The molecule has 0 aromatic rings. The fourth-order valence-corrected chi connectivity index (χ4v) is 9.98. The molecule has 176 valence electrons. The van der Waals surface area contributed by atoms with Gasteiger partial charge in [-0.05, 0) is 85.4 Å². The van der Waals surface area contributed by atoms with Crippen molar-refractivity contribution in [1.82, 2.24) is 0 Å². The van der Waals surface area contributed by atoms with Gasteiger partial charge < -0.3 is 9.53 Å². The highest BCUT2D eigenvalue weighted by atomic mass is 28.4. The van der Waals surface area contributed by atoms with Crippen LogP contribution in [0, 0.1) is 28.1 Å². The molecule has 0 heterocycles. The number of hydrogen-bond donors (Lipinski definition) is 1. The number of hydrogen-bond acceptors (Lipinski definition) is 3. The highest BCUT2D eigenvalue weighted by Crippen LogP contribution is 2.61. The minimum absolute atomic E-state index is 0.135. The molecule has 3 aliphatic carbocycles. The van der Waals surface area contributed by atoms with Gasteiger partial charge >= 0.3 is 5.97 Å². The van der Waals surface area contributed by atoms with Gasteiger partial charge in [-0.15, -0.1) is 0 Å². The van der Waals surface area contributed by atoms with Gasteiger partial charge in [0.25, 0.3) is 0 Å². The molecule has 5 heteroatoms. The van der Waals surface area contributed by atoms with Gasteiger partial charge in [0.2, 0.25) is 0 Å². The molecule has 0 aromatic carbocycles. The maximum Gasteiger partial charge on any atom is 0.317 e. The minimum atomic E-state index is -1.63. The molecular weight excluding hydrogens is 404 g/mol. The van der Waals surface area contributed by atoms with Crippen molar-refractivity contribution in [3.63, 3.8) is 0 Å². The van der Waals surface area contributed by atoms with Gasteiger partial charge in [0.1, 0.15) is 5.41 Å². The normalized spacial score (nSPS) is 32.8. The van der Waals surface area contributed by atoms with E-state index in [-0.39, 0.29) is 16.6 Å². The Kier molecular flexibility index (Phi) is 6.99. The zero-order chi connectivity index (χ0) is 23.1. The van der Waals surface area contributed by atoms with Crippen LogP contribution in [-0.2, 0) is 14.0 Å². The molecule has 2 unspecified atom stereocenters. The van der Waals surface area contributed by atoms with Gasteiger partial charge in [-0.25, -0.2) is 0 Å². The van der Waals surface area contributed by atoms with Crippen LogP contribution in [0.4, 0.5) is 0 Å². The standard InChI is InChI=1S/C26H44O4Si/c1-7-31(8-2,9-3)30-20-11-10-15-25(6)19(20)12-13-21(25)24(4,5)16-14-22(27)26(17-18-26)23(28)29/h14,16,19-21H,7-13,15,17-18H2,1-6H3,(H,28,29)/b16-14+/t19?,20-,21?,25-/m0/s1. The molecular formula is C26H44O4Si. The van der Waals surface area contributed by atoms with Gasteiger partial charge in [0.15, 0.2) is 14.1 Å². The van der Waals surface area contributed by atoms with Gasteiger partial charge in [-0.1, -0.05) is 54.0 Å². The Labute approximate surface area is 190 Å². The van der Waals surface area contributed by atoms with Crippen LogP contribution in [0.15, 0.2) is 12.2 Å². The molecule has 0 saturated heterocycles. The van der Waals surface area contributed by atoms with Crippen molar-refractivity contribution in [2.45, 2.75) is 111 Å². The average molecular weight is 449 g/mol. The topological polar surface area (TPSA) is 63.6 Å². The molecule has 4 nitrogen and oxygen atoms in total. The molecule has 0 amide bonds. The fraction of sp³-hybridized carbons (Fsp3) is 0.846. The van der Waals surface area contributed by atoms with Crippen molar-refractivity contribution in [2.75, 3.05) is 0 Å². The predicted molar refractivity (Wildman–Crippen MR) is 127 cm³/mol. The first kappa shape index (κ1) is 24.7. The highest BCUT2D eigenvalue weighted by Gasteiger charge is 2.57. The Bertz CT molecular complexity index is 711. The van der Waals surface area contributed by atoms with E-state index in [1.165, 1.54) is 43.8 Å². The molecule has 0 bridgehead atoms. The first-order valence-corrected chi connectivity index (χ1v) is 15.2. The lowest BCUT2D eigenvalue weighted by Gasteiger charge is -2.50. The Morgan fingerprint density at radius 1 is 1.06 bits per heavy atom. The van der Waals surface area contributed by atoms with Gasteiger partial charge in [-0.3, -0.25) is 9.59 Å². The summed E-state index contributed by atoms with van der Waals surface area (Å²) in [6.45, 7) is 13.9. The van der Waals surface area contributed by atoms with Gasteiger partial charge in [0.05, 0.1) is 0 Å². The second-order valence-corrected chi connectivity index (χ2v) is 16.2. The molecule has 1 N–H and O–H groups in total. The molecule has 31 heavy (non-hydrogen) atoms. The number of carbonyl (C=O) groups excluding carboxylic acids is 1. The van der Waals surface area contributed by atoms with Crippen LogP contribution in [0.3, 0.4) is 0 Å². The van der Waals surface area contributed by atoms with E-state index in [1.54, 1.807) is 6.08 Å². The van der Waals surface area contributed by atoms with Crippen LogP contribution in [-0.4, -0.2) is 31.3 Å². The Hall–Kier alpha value is -0.943. The first-order valence-electron chi connectivity index (χ1n) is 12.6. The number of rotatable bonds is 10. The van der Waals surface area contributed by atoms with Crippen molar-refractivity contribution in [2.24, 2.45) is 28.1 Å². The molecule has 0 spiro atoms. The predicted octanol–water partition coefficient (Wildman–Crippen LogP) is 6.61. The van der Waals surface area contributed by atoms with E-state index in [2.05, 4.69) is 41.5 Å². The van der Waals surface area contributed by atoms with Crippen LogP contribution in [0.1, 0.15) is 86.5 Å². The summed E-state index contributed by atoms with van der Waals surface area (Å²) in [6.07, 6.45) is 11.0. The van der Waals surface area contributed by atoms with Crippen LogP contribution < -0.4 is 0 Å². The molecule has 3 saturated carbocycles. The van der Waals surface area contributed by atoms with E-state index in [9.17, 15) is 14.7 Å². The lowest BCUT2D eigenvalue weighted by molar-refractivity contribution is -0.146. The number of fused-ring (bicyclic) bond motifs is 1. The number of ketones is 1. The van der Waals surface area contributed by atoms with E-state index in [1.807, 2.05) is 6.08 Å². The SMILES string of the molecule is CC[Si](CC)(CC)O[C@H]1CCC[C@@]2(C)C1CCC2C(C)(C)/C=C/C(=O)C1(C(=O)O)CC1. The zero-order valence-corrected chi connectivity index (χ0v) is 21.6. The van der Waals surface area contributed by atoms with Crippen molar-refractivity contribution < 1.29 is 19.1 Å². The monoisotopic (exact) mass is 448 g/mol. The quantitative estimate of drug-likeness (QED) is 0.232. The maximum atomic E-state index is 12.6. The number of carboxylic acids is 1. The summed E-state index contributed by atoms with van der Waals surface area (Å²) in [5, 5.41) is 9.43. The van der Waals surface area contributed by atoms with E-state index in [0.29, 0.717) is 30.8 Å².